The number of fused-ring (bicyclic) bond motifs is 1. The lowest BCUT2D eigenvalue weighted by Crippen LogP contribution is -2.31. The first-order valence-electron chi connectivity index (χ1n) is 14.0. The molecule has 1 aromatic carbocycles. The van der Waals surface area contributed by atoms with Crippen LogP contribution in [0.15, 0.2) is 72.4 Å². The Morgan fingerprint density at radius 1 is 1.10 bits per heavy atom. The molecule has 0 radical (unpaired) electrons. The summed E-state index contributed by atoms with van der Waals surface area (Å²) in [4.78, 5) is 47.8. The molecule has 0 aliphatic heterocycles. The lowest BCUT2D eigenvalue weighted by molar-refractivity contribution is -0.137. The molecule has 0 unspecified atom stereocenters. The lowest BCUT2D eigenvalue weighted by atomic mass is 9.99. The third-order valence-electron chi connectivity index (χ3n) is 6.92. The number of aldehydes is 1. The smallest absolute Gasteiger partial charge is 0.303 e. The first-order chi connectivity index (χ1) is 19.4. The van der Waals surface area contributed by atoms with Crippen LogP contribution in [-0.4, -0.2) is 51.2 Å². The molecule has 0 bridgehead atoms. The molecule has 3 rings (SSSR count). The highest BCUT2D eigenvalue weighted by atomic mass is 16.4. The number of hydrogen-bond donors (Lipinski definition) is 1. The molecule has 40 heavy (non-hydrogen) atoms. The van der Waals surface area contributed by atoms with Crippen LogP contribution in [0.1, 0.15) is 80.5 Å². The van der Waals surface area contributed by atoms with E-state index >= 15 is 0 Å². The number of benzene rings is 1. The van der Waals surface area contributed by atoms with E-state index in [4.69, 9.17) is 15.1 Å². The Morgan fingerprint density at radius 2 is 1.93 bits per heavy atom. The average Bonchev–Trinajstić information content (AvgIpc) is 2.97. The van der Waals surface area contributed by atoms with Gasteiger partial charge in [-0.15, -0.1) is 0 Å². The fourth-order valence-electron chi connectivity index (χ4n) is 4.80. The van der Waals surface area contributed by atoms with Crippen molar-refractivity contribution in [3.63, 3.8) is 0 Å². The summed E-state index contributed by atoms with van der Waals surface area (Å²) in [5.41, 5.74) is 5.29. The first kappa shape index (κ1) is 30.4. The molecule has 1 heterocycles. The van der Waals surface area contributed by atoms with E-state index in [1.165, 1.54) is 11.6 Å². The van der Waals surface area contributed by atoms with Crippen LogP contribution < -0.4 is 0 Å². The number of aliphatic carboxylic acids is 1. The number of carbonyl (C=O) groups is 3. The van der Waals surface area contributed by atoms with Crippen LogP contribution in [-0.2, 0) is 16.0 Å². The first-order valence-corrected chi connectivity index (χ1v) is 14.0. The van der Waals surface area contributed by atoms with E-state index in [0.717, 1.165) is 32.0 Å². The molecule has 1 amide bonds. The number of carboxylic acid groups (broad SMARTS) is 1. The molecule has 7 heteroatoms. The Hall–Kier alpha value is -4.13. The van der Waals surface area contributed by atoms with E-state index in [0.29, 0.717) is 71.5 Å². The van der Waals surface area contributed by atoms with Gasteiger partial charge in [0.1, 0.15) is 0 Å². The SMILES string of the molecule is C=C/C(C=O)=C(\C=C/C)c1nc2ccc(C(=O)N(CC)CCCC3=CCCC=C3)cc2nc1CCCCC(=O)O. The zero-order chi connectivity index (χ0) is 28.9. The van der Waals surface area contributed by atoms with E-state index < -0.39 is 5.97 Å². The van der Waals surface area contributed by atoms with E-state index in [9.17, 15) is 14.4 Å². The summed E-state index contributed by atoms with van der Waals surface area (Å²) < 4.78 is 0. The number of aromatic nitrogens is 2. The number of unbranched alkanes of at least 4 members (excludes halogenated alkanes) is 1. The van der Waals surface area contributed by atoms with E-state index in [-0.39, 0.29) is 12.3 Å². The van der Waals surface area contributed by atoms with Crippen molar-refractivity contribution in [2.75, 3.05) is 13.1 Å². The highest BCUT2D eigenvalue weighted by Crippen LogP contribution is 2.26. The zero-order valence-corrected chi connectivity index (χ0v) is 23.6. The van der Waals surface area contributed by atoms with Crippen molar-refractivity contribution < 1.29 is 19.5 Å². The van der Waals surface area contributed by atoms with Crippen molar-refractivity contribution >= 4 is 34.8 Å². The van der Waals surface area contributed by atoms with Gasteiger partial charge < -0.3 is 10.0 Å². The number of carbonyl (C=O) groups excluding carboxylic acids is 2. The summed E-state index contributed by atoms with van der Waals surface area (Å²) in [6, 6.07) is 5.34. The molecule has 210 valence electrons. The quantitative estimate of drug-likeness (QED) is 0.117. The van der Waals surface area contributed by atoms with Gasteiger partial charge in [0.25, 0.3) is 5.91 Å². The van der Waals surface area contributed by atoms with Gasteiger partial charge in [-0.25, -0.2) is 9.97 Å². The highest BCUT2D eigenvalue weighted by Gasteiger charge is 2.18. The van der Waals surface area contributed by atoms with Crippen LogP contribution in [0.4, 0.5) is 0 Å². The van der Waals surface area contributed by atoms with Crippen molar-refractivity contribution in [2.45, 2.75) is 65.2 Å². The van der Waals surface area contributed by atoms with Gasteiger partial charge in [0.2, 0.25) is 0 Å². The summed E-state index contributed by atoms with van der Waals surface area (Å²) in [6.07, 6.45) is 18.2. The molecule has 1 N–H and O–H groups in total. The monoisotopic (exact) mass is 541 g/mol. The maximum absolute atomic E-state index is 13.4. The molecular weight excluding hydrogens is 502 g/mol. The Balaban J connectivity index is 1.93. The number of nitrogens with zero attached hydrogens (tertiary/aromatic N) is 3. The minimum absolute atomic E-state index is 0.0455. The molecule has 1 aromatic heterocycles. The minimum atomic E-state index is -0.843. The van der Waals surface area contributed by atoms with E-state index in [1.807, 2.05) is 24.8 Å². The van der Waals surface area contributed by atoms with Crippen LogP contribution in [0.5, 0.6) is 0 Å². The van der Waals surface area contributed by atoms with E-state index in [1.54, 1.807) is 24.3 Å². The van der Waals surface area contributed by atoms with Gasteiger partial charge in [0, 0.05) is 36.2 Å². The van der Waals surface area contributed by atoms with Gasteiger partial charge >= 0.3 is 5.97 Å². The summed E-state index contributed by atoms with van der Waals surface area (Å²) in [5, 5.41) is 9.03. The Kier molecular flexibility index (Phi) is 11.8. The fraction of sp³-hybridized carbons (Fsp3) is 0.364. The second-order valence-corrected chi connectivity index (χ2v) is 9.76. The zero-order valence-electron chi connectivity index (χ0n) is 23.6. The molecule has 0 saturated heterocycles. The van der Waals surface area contributed by atoms with Crippen LogP contribution in [0.3, 0.4) is 0 Å². The molecule has 0 fully saturated rings. The van der Waals surface area contributed by atoms with Gasteiger partial charge in [-0.2, -0.15) is 0 Å². The van der Waals surface area contributed by atoms with Crippen molar-refractivity contribution in [3.8, 4) is 0 Å². The Labute approximate surface area is 236 Å². The summed E-state index contributed by atoms with van der Waals surface area (Å²) in [6.45, 7) is 8.89. The number of amides is 1. The number of rotatable bonds is 15. The van der Waals surface area contributed by atoms with Crippen molar-refractivity contribution in [2.24, 2.45) is 0 Å². The topological polar surface area (TPSA) is 100 Å². The number of aryl methyl sites for hydroxylation is 1. The molecule has 7 nitrogen and oxygen atoms in total. The molecule has 0 spiro atoms. The minimum Gasteiger partial charge on any atom is -0.481 e. The predicted molar refractivity (Wildman–Crippen MR) is 160 cm³/mol. The average molecular weight is 542 g/mol. The van der Waals surface area contributed by atoms with Crippen LogP contribution in [0, 0.1) is 0 Å². The van der Waals surface area contributed by atoms with Crippen molar-refractivity contribution in [3.05, 3.63) is 89.3 Å². The summed E-state index contributed by atoms with van der Waals surface area (Å²) in [5.74, 6) is -0.888. The molecule has 0 atom stereocenters. The molecule has 2 aromatic rings. The summed E-state index contributed by atoms with van der Waals surface area (Å²) in [7, 11) is 0. The predicted octanol–water partition coefficient (Wildman–Crippen LogP) is 6.66. The fourth-order valence-corrected chi connectivity index (χ4v) is 4.80. The molecule has 1 aliphatic carbocycles. The number of allylic oxidation sites excluding steroid dienone is 9. The second kappa shape index (κ2) is 15.5. The Morgan fingerprint density at radius 3 is 2.58 bits per heavy atom. The number of hydrogen-bond acceptors (Lipinski definition) is 5. The van der Waals surface area contributed by atoms with Crippen LogP contribution >= 0.6 is 0 Å². The van der Waals surface area contributed by atoms with Crippen molar-refractivity contribution in [1.82, 2.24) is 14.9 Å². The Bertz CT molecular complexity index is 1360. The normalized spacial score (nSPS) is 13.7. The second-order valence-electron chi connectivity index (χ2n) is 9.76. The van der Waals surface area contributed by atoms with E-state index in [2.05, 4.69) is 24.8 Å². The third kappa shape index (κ3) is 8.18. The molecule has 1 aliphatic rings. The van der Waals surface area contributed by atoms with Crippen LogP contribution in [0.2, 0.25) is 0 Å². The molecular formula is C33H39N3O4. The third-order valence-corrected chi connectivity index (χ3v) is 6.92. The maximum atomic E-state index is 13.4. The van der Waals surface area contributed by atoms with Crippen LogP contribution in [0.25, 0.3) is 16.6 Å². The van der Waals surface area contributed by atoms with Gasteiger partial charge in [-0.3, -0.25) is 14.4 Å². The van der Waals surface area contributed by atoms with Gasteiger partial charge in [0.05, 0.1) is 22.4 Å². The maximum Gasteiger partial charge on any atom is 0.303 e. The van der Waals surface area contributed by atoms with Gasteiger partial charge in [-0.05, 0) is 77.0 Å². The summed E-state index contributed by atoms with van der Waals surface area (Å²) >= 11 is 0. The largest absolute Gasteiger partial charge is 0.481 e. The van der Waals surface area contributed by atoms with Gasteiger partial charge in [0.15, 0.2) is 6.29 Å². The lowest BCUT2D eigenvalue weighted by Gasteiger charge is -2.21. The molecule has 0 saturated carbocycles. The standard InChI is InChI=1S/C33H39N3O4/c1-4-13-27(25(5-2)23-37)32-29(17-10-11-18-31(38)39)34-30-22-26(19-20-28(30)35-32)33(40)36(6-3)21-12-16-24-14-8-7-9-15-24/h4-5,8,13-15,19-20,22-23H,2,6-7,9-12,16-18,21H2,1,3H3,(H,38,39)/b13-4-,27-25-. The highest BCUT2D eigenvalue weighted by molar-refractivity contribution is 5.98. The van der Waals surface area contributed by atoms with Crippen molar-refractivity contribution in [1.29, 1.82) is 0 Å². The number of carboxylic acids is 1. The van der Waals surface area contributed by atoms with Gasteiger partial charge in [-0.1, -0.05) is 48.6 Å².